The summed E-state index contributed by atoms with van der Waals surface area (Å²) in [5.74, 6) is -0.300. The molecule has 1 aliphatic carbocycles. The number of hydrogen-bond acceptors (Lipinski definition) is 5. The Hall–Kier alpha value is -2.14. The summed E-state index contributed by atoms with van der Waals surface area (Å²) < 4.78 is 10.4. The molecule has 22 heavy (non-hydrogen) atoms. The minimum atomic E-state index is -0.455. The van der Waals surface area contributed by atoms with Gasteiger partial charge in [-0.3, -0.25) is 9.59 Å². The fourth-order valence-corrected chi connectivity index (χ4v) is 2.59. The van der Waals surface area contributed by atoms with Gasteiger partial charge in [0, 0.05) is 26.0 Å². The number of ether oxygens (including phenoxy) is 2. The second-order valence-corrected chi connectivity index (χ2v) is 5.29. The summed E-state index contributed by atoms with van der Waals surface area (Å²) in [4.78, 5) is 22.5. The molecule has 2 rings (SSSR count). The van der Waals surface area contributed by atoms with Gasteiger partial charge >= 0.3 is 11.9 Å². The molecule has 5 heteroatoms. The van der Waals surface area contributed by atoms with Crippen LogP contribution in [0.15, 0.2) is 23.8 Å². The van der Waals surface area contributed by atoms with Crippen molar-refractivity contribution in [3.63, 3.8) is 0 Å². The summed E-state index contributed by atoms with van der Waals surface area (Å²) in [7, 11) is 0. The van der Waals surface area contributed by atoms with Crippen molar-refractivity contribution in [2.75, 3.05) is 6.61 Å². The summed E-state index contributed by atoms with van der Waals surface area (Å²) in [6.45, 7) is 2.81. The Morgan fingerprint density at radius 3 is 2.55 bits per heavy atom. The molecule has 0 spiro atoms. The highest BCUT2D eigenvalue weighted by molar-refractivity contribution is 5.75. The van der Waals surface area contributed by atoms with E-state index in [-0.39, 0.29) is 12.4 Å². The van der Waals surface area contributed by atoms with E-state index >= 15 is 0 Å². The van der Waals surface area contributed by atoms with Gasteiger partial charge in [-0.05, 0) is 37.3 Å². The Kier molecular flexibility index (Phi) is 5.33. The van der Waals surface area contributed by atoms with Crippen LogP contribution in [-0.4, -0.2) is 23.7 Å². The normalized spacial score (nSPS) is 13.1. The maximum absolute atomic E-state index is 11.3. The first-order valence-electron chi connectivity index (χ1n) is 7.31. The molecule has 0 saturated carbocycles. The average Bonchev–Trinajstić information content (AvgIpc) is 2.46. The number of rotatable bonds is 5. The fourth-order valence-electron chi connectivity index (χ4n) is 2.59. The molecule has 0 atom stereocenters. The molecule has 1 aromatic rings. The number of fused-ring (bicyclic) bond motifs is 1. The summed E-state index contributed by atoms with van der Waals surface area (Å²) in [6, 6.07) is 3.56. The number of allylic oxidation sites excluding steroid dienone is 2. The molecule has 0 aromatic heterocycles. The van der Waals surface area contributed by atoms with E-state index in [2.05, 4.69) is 6.08 Å². The molecule has 0 amide bonds. The summed E-state index contributed by atoms with van der Waals surface area (Å²) >= 11 is 0. The lowest BCUT2D eigenvalue weighted by Crippen LogP contribution is -2.12. The van der Waals surface area contributed by atoms with Crippen molar-refractivity contribution in [2.24, 2.45) is 0 Å². The number of aliphatic hydroxyl groups excluding tert-OH is 1. The number of aliphatic hydroxyl groups is 1. The fraction of sp³-hybridized carbons (Fsp3) is 0.412. The Balaban J connectivity index is 2.32. The number of esters is 2. The van der Waals surface area contributed by atoms with Crippen LogP contribution in [0.2, 0.25) is 0 Å². The number of hydrogen-bond donors (Lipinski definition) is 1. The molecule has 0 bridgehead atoms. The Morgan fingerprint density at radius 1 is 1.18 bits per heavy atom. The van der Waals surface area contributed by atoms with E-state index in [0.717, 1.165) is 30.4 Å². The maximum atomic E-state index is 11.3. The third-order valence-electron chi connectivity index (χ3n) is 3.49. The average molecular weight is 304 g/mol. The van der Waals surface area contributed by atoms with Crippen LogP contribution in [0.25, 0.3) is 0 Å². The largest absolute Gasteiger partial charge is 0.423 e. The van der Waals surface area contributed by atoms with Crippen molar-refractivity contribution in [1.29, 1.82) is 0 Å². The molecule has 0 heterocycles. The van der Waals surface area contributed by atoms with Crippen LogP contribution in [0.5, 0.6) is 11.5 Å². The molecule has 1 aliphatic rings. The van der Waals surface area contributed by atoms with Crippen molar-refractivity contribution in [3.8, 4) is 11.5 Å². The van der Waals surface area contributed by atoms with Gasteiger partial charge in [-0.2, -0.15) is 0 Å². The zero-order valence-corrected chi connectivity index (χ0v) is 12.8. The van der Waals surface area contributed by atoms with E-state index in [1.807, 2.05) is 6.07 Å². The molecular weight excluding hydrogens is 284 g/mol. The number of carbonyl (C=O) groups excluding carboxylic acids is 2. The van der Waals surface area contributed by atoms with Crippen molar-refractivity contribution in [2.45, 2.75) is 39.5 Å². The van der Waals surface area contributed by atoms with Gasteiger partial charge in [0.05, 0.1) is 0 Å². The first-order valence-corrected chi connectivity index (χ1v) is 7.31. The summed E-state index contributed by atoms with van der Waals surface area (Å²) in [5, 5.41) is 8.92. The van der Waals surface area contributed by atoms with Crippen LogP contribution >= 0.6 is 0 Å². The highest BCUT2D eigenvalue weighted by atomic mass is 16.6. The number of carbonyl (C=O) groups is 2. The zero-order chi connectivity index (χ0) is 16.1. The predicted molar refractivity (Wildman–Crippen MR) is 80.9 cm³/mol. The highest BCUT2D eigenvalue weighted by Gasteiger charge is 2.21. The molecule has 1 aromatic carbocycles. The molecule has 0 radical (unpaired) electrons. The van der Waals surface area contributed by atoms with Gasteiger partial charge in [0.15, 0.2) is 11.5 Å². The molecule has 0 unspecified atom stereocenters. The van der Waals surface area contributed by atoms with E-state index in [1.54, 1.807) is 6.07 Å². The maximum Gasteiger partial charge on any atom is 0.308 e. The third-order valence-corrected chi connectivity index (χ3v) is 3.49. The van der Waals surface area contributed by atoms with Crippen LogP contribution in [0.1, 0.15) is 37.8 Å². The van der Waals surface area contributed by atoms with Gasteiger partial charge in [-0.1, -0.05) is 17.7 Å². The quantitative estimate of drug-likeness (QED) is 0.513. The second-order valence-electron chi connectivity index (χ2n) is 5.29. The van der Waals surface area contributed by atoms with E-state index in [9.17, 15) is 9.59 Å². The van der Waals surface area contributed by atoms with E-state index in [0.29, 0.717) is 12.2 Å². The molecule has 0 aliphatic heterocycles. The van der Waals surface area contributed by atoms with Crippen molar-refractivity contribution < 1.29 is 24.2 Å². The lowest BCUT2D eigenvalue weighted by Gasteiger charge is -2.21. The molecule has 5 nitrogen and oxygen atoms in total. The van der Waals surface area contributed by atoms with Gasteiger partial charge < -0.3 is 14.6 Å². The smallest absolute Gasteiger partial charge is 0.308 e. The molecule has 118 valence electrons. The summed E-state index contributed by atoms with van der Waals surface area (Å²) in [6.07, 6.45) is 5.05. The third kappa shape index (κ3) is 3.95. The van der Waals surface area contributed by atoms with Gasteiger partial charge in [-0.25, -0.2) is 0 Å². The van der Waals surface area contributed by atoms with Gasteiger partial charge in [0.1, 0.15) is 0 Å². The lowest BCUT2D eigenvalue weighted by atomic mass is 9.88. The van der Waals surface area contributed by atoms with E-state index < -0.39 is 11.9 Å². The summed E-state index contributed by atoms with van der Waals surface area (Å²) in [5.41, 5.74) is 3.19. The SMILES string of the molecule is CC(=O)Oc1ccc2c(c1OC(C)=O)CC=C(CCCO)C2. The monoisotopic (exact) mass is 304 g/mol. The Morgan fingerprint density at radius 2 is 1.91 bits per heavy atom. The first-order chi connectivity index (χ1) is 10.5. The van der Waals surface area contributed by atoms with Crippen molar-refractivity contribution in [3.05, 3.63) is 34.9 Å². The minimum Gasteiger partial charge on any atom is -0.423 e. The molecule has 1 N–H and O–H groups in total. The second kappa shape index (κ2) is 7.22. The topological polar surface area (TPSA) is 72.8 Å². The minimum absolute atomic E-state index is 0.175. The number of benzene rings is 1. The lowest BCUT2D eigenvalue weighted by molar-refractivity contribution is -0.134. The van der Waals surface area contributed by atoms with Crippen molar-refractivity contribution >= 4 is 11.9 Å². The molecular formula is C17H20O5. The van der Waals surface area contributed by atoms with Gasteiger partial charge in [0.25, 0.3) is 0 Å². The predicted octanol–water partition coefficient (Wildman–Crippen LogP) is 2.33. The highest BCUT2D eigenvalue weighted by Crippen LogP contribution is 2.38. The van der Waals surface area contributed by atoms with Crippen LogP contribution in [0.4, 0.5) is 0 Å². The van der Waals surface area contributed by atoms with E-state index in [4.69, 9.17) is 14.6 Å². The zero-order valence-electron chi connectivity index (χ0n) is 12.8. The van der Waals surface area contributed by atoms with Crippen LogP contribution < -0.4 is 9.47 Å². The van der Waals surface area contributed by atoms with E-state index in [1.165, 1.54) is 19.4 Å². The van der Waals surface area contributed by atoms with Crippen LogP contribution in [0.3, 0.4) is 0 Å². The van der Waals surface area contributed by atoms with Crippen LogP contribution in [-0.2, 0) is 22.4 Å². The van der Waals surface area contributed by atoms with Gasteiger partial charge in [-0.15, -0.1) is 0 Å². The Labute approximate surface area is 129 Å². The first kappa shape index (κ1) is 16.2. The molecule has 0 saturated heterocycles. The van der Waals surface area contributed by atoms with Gasteiger partial charge in [0.2, 0.25) is 0 Å². The van der Waals surface area contributed by atoms with Crippen molar-refractivity contribution in [1.82, 2.24) is 0 Å². The standard InChI is InChI=1S/C17H20O5/c1-11(19)21-16-8-6-14-10-13(4-3-9-18)5-7-15(14)17(16)22-12(2)20/h5-6,8,18H,3-4,7,9-10H2,1-2H3. The molecule has 0 fully saturated rings. The Bertz CT molecular complexity index is 616. The van der Waals surface area contributed by atoms with Crippen LogP contribution in [0, 0.1) is 0 Å².